The number of rotatable bonds is 5. The first kappa shape index (κ1) is 11.9. The molecule has 0 saturated heterocycles. The molecule has 0 aromatic carbocycles. The van der Waals surface area contributed by atoms with E-state index in [4.69, 9.17) is 0 Å². The van der Waals surface area contributed by atoms with E-state index in [-0.39, 0.29) is 12.4 Å². The Balaban J connectivity index is 3.64. The molecular formula is C10H16O3. The molecular weight excluding hydrogens is 168 g/mol. The summed E-state index contributed by atoms with van der Waals surface area (Å²) < 4.78 is 4.67. The first-order chi connectivity index (χ1) is 6.06. The first-order valence-corrected chi connectivity index (χ1v) is 4.37. The van der Waals surface area contributed by atoms with Crippen LogP contribution in [-0.2, 0) is 14.3 Å². The lowest BCUT2D eigenvalue weighted by atomic mass is 10.1. The standard InChI is InChI=1S/C10H16O3/c1-4-5-10(12)13-7-9(11)6-8(2)3/h4-5,8H,6-7H2,1-3H3/b5-4+. The fourth-order valence-corrected chi connectivity index (χ4v) is 0.850. The minimum absolute atomic E-state index is 0.0344. The van der Waals surface area contributed by atoms with Crippen LogP contribution in [0.4, 0.5) is 0 Å². The van der Waals surface area contributed by atoms with Crippen LogP contribution in [0.15, 0.2) is 12.2 Å². The Morgan fingerprint density at radius 1 is 1.38 bits per heavy atom. The molecule has 0 bridgehead atoms. The van der Waals surface area contributed by atoms with E-state index in [1.807, 2.05) is 13.8 Å². The van der Waals surface area contributed by atoms with Gasteiger partial charge in [0.2, 0.25) is 0 Å². The van der Waals surface area contributed by atoms with Crippen LogP contribution in [-0.4, -0.2) is 18.4 Å². The summed E-state index contributed by atoms with van der Waals surface area (Å²) in [7, 11) is 0. The van der Waals surface area contributed by atoms with Gasteiger partial charge in [-0.05, 0) is 12.8 Å². The largest absolute Gasteiger partial charge is 0.455 e. The number of esters is 1. The van der Waals surface area contributed by atoms with Gasteiger partial charge in [0, 0.05) is 12.5 Å². The zero-order valence-electron chi connectivity index (χ0n) is 8.37. The van der Waals surface area contributed by atoms with Crippen LogP contribution in [0.2, 0.25) is 0 Å². The number of Topliss-reactive ketones (excluding diaryl/α,β-unsaturated/α-hetero) is 1. The highest BCUT2D eigenvalue weighted by molar-refractivity contribution is 5.86. The summed E-state index contributed by atoms with van der Waals surface area (Å²) in [6, 6.07) is 0. The van der Waals surface area contributed by atoms with E-state index in [0.29, 0.717) is 12.3 Å². The molecule has 0 unspecified atom stereocenters. The first-order valence-electron chi connectivity index (χ1n) is 4.37. The fourth-order valence-electron chi connectivity index (χ4n) is 0.850. The van der Waals surface area contributed by atoms with Crippen molar-refractivity contribution in [2.75, 3.05) is 6.61 Å². The van der Waals surface area contributed by atoms with Gasteiger partial charge in [0.05, 0.1) is 0 Å². The molecule has 0 N–H and O–H groups in total. The molecule has 0 atom stereocenters. The Labute approximate surface area is 78.8 Å². The van der Waals surface area contributed by atoms with Gasteiger partial charge in [0.15, 0.2) is 5.78 Å². The van der Waals surface area contributed by atoms with Gasteiger partial charge in [-0.2, -0.15) is 0 Å². The molecule has 0 saturated carbocycles. The minimum atomic E-state index is -0.459. The van der Waals surface area contributed by atoms with Gasteiger partial charge < -0.3 is 4.74 Å². The lowest BCUT2D eigenvalue weighted by molar-refractivity contribution is -0.143. The van der Waals surface area contributed by atoms with Gasteiger partial charge in [-0.15, -0.1) is 0 Å². The van der Waals surface area contributed by atoms with Crippen molar-refractivity contribution in [3.8, 4) is 0 Å². The Morgan fingerprint density at radius 2 is 2.00 bits per heavy atom. The SMILES string of the molecule is C/C=C/C(=O)OCC(=O)CC(C)C. The highest BCUT2D eigenvalue weighted by Crippen LogP contribution is 2.00. The lowest BCUT2D eigenvalue weighted by Gasteiger charge is -2.03. The van der Waals surface area contributed by atoms with E-state index < -0.39 is 5.97 Å². The molecule has 0 fully saturated rings. The van der Waals surface area contributed by atoms with Crippen LogP contribution in [0, 0.1) is 5.92 Å². The third kappa shape index (κ3) is 7.25. The number of hydrogen-bond donors (Lipinski definition) is 0. The smallest absolute Gasteiger partial charge is 0.330 e. The molecule has 0 aliphatic heterocycles. The lowest BCUT2D eigenvalue weighted by Crippen LogP contribution is -2.13. The molecule has 0 heterocycles. The van der Waals surface area contributed by atoms with Gasteiger partial charge in [0.1, 0.15) is 6.61 Å². The maximum atomic E-state index is 11.1. The fraction of sp³-hybridized carbons (Fsp3) is 0.600. The van der Waals surface area contributed by atoms with Crippen LogP contribution < -0.4 is 0 Å². The Kier molecular flexibility index (Phi) is 5.85. The van der Waals surface area contributed by atoms with Gasteiger partial charge in [-0.25, -0.2) is 4.79 Å². The van der Waals surface area contributed by atoms with E-state index in [1.54, 1.807) is 13.0 Å². The summed E-state index contributed by atoms with van der Waals surface area (Å²) in [5, 5.41) is 0. The van der Waals surface area contributed by atoms with Crippen LogP contribution in [0.5, 0.6) is 0 Å². The molecule has 0 aromatic heterocycles. The predicted molar refractivity (Wildman–Crippen MR) is 50.2 cm³/mol. The molecule has 3 nitrogen and oxygen atoms in total. The number of allylic oxidation sites excluding steroid dienone is 1. The van der Waals surface area contributed by atoms with E-state index in [2.05, 4.69) is 4.74 Å². The minimum Gasteiger partial charge on any atom is -0.455 e. The van der Waals surface area contributed by atoms with Crippen molar-refractivity contribution in [2.45, 2.75) is 27.2 Å². The van der Waals surface area contributed by atoms with Crippen molar-refractivity contribution in [3.63, 3.8) is 0 Å². The van der Waals surface area contributed by atoms with Gasteiger partial charge in [0.25, 0.3) is 0 Å². The number of ether oxygens (including phenoxy) is 1. The van der Waals surface area contributed by atoms with E-state index in [1.165, 1.54) is 6.08 Å². The summed E-state index contributed by atoms with van der Waals surface area (Å²) >= 11 is 0. The Morgan fingerprint density at radius 3 is 2.46 bits per heavy atom. The van der Waals surface area contributed by atoms with Crippen molar-refractivity contribution < 1.29 is 14.3 Å². The second-order valence-electron chi connectivity index (χ2n) is 3.24. The molecule has 0 aliphatic rings. The molecule has 13 heavy (non-hydrogen) atoms. The summed E-state index contributed by atoms with van der Waals surface area (Å²) in [5.41, 5.74) is 0. The Bertz CT molecular complexity index is 204. The normalized spacial score (nSPS) is 10.8. The Hall–Kier alpha value is -1.12. The van der Waals surface area contributed by atoms with Crippen molar-refractivity contribution in [2.24, 2.45) is 5.92 Å². The maximum Gasteiger partial charge on any atom is 0.330 e. The van der Waals surface area contributed by atoms with Gasteiger partial charge >= 0.3 is 5.97 Å². The second-order valence-corrected chi connectivity index (χ2v) is 3.24. The third-order valence-corrected chi connectivity index (χ3v) is 1.31. The number of ketones is 1. The van der Waals surface area contributed by atoms with Gasteiger partial charge in [-0.3, -0.25) is 4.79 Å². The van der Waals surface area contributed by atoms with Crippen LogP contribution in [0.3, 0.4) is 0 Å². The zero-order chi connectivity index (χ0) is 10.3. The van der Waals surface area contributed by atoms with Gasteiger partial charge in [-0.1, -0.05) is 19.9 Å². The van der Waals surface area contributed by atoms with Crippen LogP contribution in [0.1, 0.15) is 27.2 Å². The third-order valence-electron chi connectivity index (χ3n) is 1.31. The quantitative estimate of drug-likeness (QED) is 0.482. The van der Waals surface area contributed by atoms with E-state index in [9.17, 15) is 9.59 Å². The topological polar surface area (TPSA) is 43.4 Å². The second kappa shape index (κ2) is 6.40. The summed E-state index contributed by atoms with van der Waals surface area (Å²) in [4.78, 5) is 21.8. The van der Waals surface area contributed by atoms with Crippen LogP contribution >= 0.6 is 0 Å². The number of carbonyl (C=O) groups excluding carboxylic acids is 2. The molecule has 0 aliphatic carbocycles. The summed E-state index contributed by atoms with van der Waals surface area (Å²) in [6.07, 6.45) is 3.33. The molecule has 0 radical (unpaired) electrons. The highest BCUT2D eigenvalue weighted by Gasteiger charge is 2.06. The molecule has 0 amide bonds. The van der Waals surface area contributed by atoms with E-state index >= 15 is 0 Å². The molecule has 0 rings (SSSR count). The zero-order valence-corrected chi connectivity index (χ0v) is 8.37. The maximum absolute atomic E-state index is 11.1. The highest BCUT2D eigenvalue weighted by atomic mass is 16.5. The molecule has 3 heteroatoms. The average molecular weight is 184 g/mol. The van der Waals surface area contributed by atoms with Crippen molar-refractivity contribution in [1.82, 2.24) is 0 Å². The van der Waals surface area contributed by atoms with Crippen molar-refractivity contribution in [1.29, 1.82) is 0 Å². The van der Waals surface area contributed by atoms with Crippen LogP contribution in [0.25, 0.3) is 0 Å². The summed E-state index contributed by atoms with van der Waals surface area (Å²) in [6.45, 7) is 5.51. The van der Waals surface area contributed by atoms with Crippen molar-refractivity contribution >= 4 is 11.8 Å². The monoisotopic (exact) mass is 184 g/mol. The molecule has 74 valence electrons. The summed E-state index contributed by atoms with van der Waals surface area (Å²) in [5.74, 6) is -0.180. The average Bonchev–Trinajstić information content (AvgIpc) is 2.00. The predicted octanol–water partition coefficient (Wildman–Crippen LogP) is 1.72. The van der Waals surface area contributed by atoms with Crippen molar-refractivity contribution in [3.05, 3.63) is 12.2 Å². The number of carbonyl (C=O) groups is 2. The number of hydrogen-bond acceptors (Lipinski definition) is 3. The van der Waals surface area contributed by atoms with E-state index in [0.717, 1.165) is 0 Å². The molecule has 0 aromatic rings. The molecule has 0 spiro atoms.